The zero-order chi connectivity index (χ0) is 17.4. The number of nitrogens with zero attached hydrogens (tertiary/aromatic N) is 2. The third-order valence-electron chi connectivity index (χ3n) is 5.02. The Hall–Kier alpha value is -1.14. The van der Waals surface area contributed by atoms with Crippen LogP contribution in [0.3, 0.4) is 0 Å². The molecule has 1 aliphatic heterocycles. The van der Waals surface area contributed by atoms with Crippen molar-refractivity contribution in [3.05, 3.63) is 40.0 Å². The number of piperidine rings is 1. The third-order valence-corrected chi connectivity index (χ3v) is 6.52. The van der Waals surface area contributed by atoms with E-state index < -0.39 is 0 Å². The van der Waals surface area contributed by atoms with Gasteiger partial charge >= 0.3 is 0 Å². The molecule has 2 fully saturated rings. The molecule has 1 atom stereocenters. The number of amides is 1. The summed E-state index contributed by atoms with van der Waals surface area (Å²) in [5.41, 5.74) is 7.46. The fourth-order valence-electron chi connectivity index (χ4n) is 3.46. The van der Waals surface area contributed by atoms with Gasteiger partial charge in [-0.1, -0.05) is 23.7 Å². The molecule has 140 valence electrons. The number of halogens is 2. The number of aromatic nitrogens is 1. The number of likely N-dealkylation sites (tertiary alicyclic amines) is 1. The minimum absolute atomic E-state index is 0. The Kier molecular flexibility index (Phi) is 6.23. The largest absolute Gasteiger partial charge is 0.333 e. The molecule has 2 heterocycles. The number of hydrogen-bond donors (Lipinski definition) is 1. The van der Waals surface area contributed by atoms with Crippen LogP contribution in [0.25, 0.3) is 10.4 Å². The second-order valence-corrected chi connectivity index (χ2v) is 8.37. The highest BCUT2D eigenvalue weighted by molar-refractivity contribution is 7.15. The van der Waals surface area contributed by atoms with Crippen molar-refractivity contribution in [3.63, 3.8) is 0 Å². The summed E-state index contributed by atoms with van der Waals surface area (Å²) in [4.78, 5) is 20.9. The van der Waals surface area contributed by atoms with Crippen LogP contribution in [0, 0.1) is 0 Å². The quantitative estimate of drug-likeness (QED) is 0.791. The van der Waals surface area contributed by atoms with Gasteiger partial charge in [0.25, 0.3) is 5.91 Å². The molecule has 1 aromatic heterocycles. The molecular weight excluding hydrogens is 389 g/mol. The summed E-state index contributed by atoms with van der Waals surface area (Å²) in [6, 6.07) is 7.82. The van der Waals surface area contributed by atoms with Crippen LogP contribution >= 0.6 is 35.3 Å². The fraction of sp³-hybridized carbons (Fsp3) is 0.474. The van der Waals surface area contributed by atoms with Crippen LogP contribution in [0.2, 0.25) is 5.02 Å². The molecule has 0 unspecified atom stereocenters. The highest BCUT2D eigenvalue weighted by Gasteiger charge is 2.34. The molecule has 2 aromatic rings. The molecule has 0 radical (unpaired) electrons. The number of rotatable bonds is 4. The van der Waals surface area contributed by atoms with Gasteiger partial charge in [0, 0.05) is 30.1 Å². The van der Waals surface area contributed by atoms with Crippen LogP contribution in [0.4, 0.5) is 0 Å². The molecule has 1 aliphatic carbocycles. The Morgan fingerprint density at radius 1 is 1.31 bits per heavy atom. The molecule has 1 aromatic carbocycles. The van der Waals surface area contributed by atoms with E-state index >= 15 is 0 Å². The predicted octanol–water partition coefficient (Wildman–Crippen LogP) is 4.72. The minimum Gasteiger partial charge on any atom is -0.333 e. The van der Waals surface area contributed by atoms with Crippen LogP contribution in [0.5, 0.6) is 0 Å². The van der Waals surface area contributed by atoms with Crippen molar-refractivity contribution in [2.75, 3.05) is 13.1 Å². The van der Waals surface area contributed by atoms with Gasteiger partial charge in [0.1, 0.15) is 5.69 Å². The number of carbonyl (C=O) groups excluding carboxylic acids is 1. The Morgan fingerprint density at radius 2 is 2.12 bits per heavy atom. The smallest absolute Gasteiger partial charge is 0.274 e. The Bertz CT molecular complexity index is 791. The maximum Gasteiger partial charge on any atom is 0.274 e. The maximum atomic E-state index is 13.3. The first kappa shape index (κ1) is 19.6. The predicted molar refractivity (Wildman–Crippen MR) is 110 cm³/mol. The van der Waals surface area contributed by atoms with Gasteiger partial charge in [-0.3, -0.25) is 4.79 Å². The topological polar surface area (TPSA) is 59.2 Å². The average molecular weight is 412 g/mol. The van der Waals surface area contributed by atoms with Crippen molar-refractivity contribution in [1.29, 1.82) is 0 Å². The van der Waals surface area contributed by atoms with E-state index in [9.17, 15) is 4.79 Å². The van der Waals surface area contributed by atoms with E-state index in [2.05, 4.69) is 0 Å². The lowest BCUT2D eigenvalue weighted by Gasteiger charge is -2.34. The van der Waals surface area contributed by atoms with Crippen molar-refractivity contribution < 1.29 is 4.79 Å². The average Bonchev–Trinajstić information content (AvgIpc) is 3.39. The molecule has 1 saturated carbocycles. The van der Waals surface area contributed by atoms with Crippen molar-refractivity contribution in [2.45, 2.75) is 44.1 Å². The molecule has 2 aliphatic rings. The van der Waals surface area contributed by atoms with Gasteiger partial charge in [0.2, 0.25) is 0 Å². The standard InChI is InChI=1S/C19H22ClN3OS.ClH/c20-14-5-3-4-13(10-14)17-16(22-18(25-17)12-7-8-12)19(24)23-9-2-1-6-15(23)11-21;/h3-5,10,12,15H,1-2,6-9,11,21H2;1H/t15-;/m0./s1. The van der Waals surface area contributed by atoms with Gasteiger partial charge in [-0.2, -0.15) is 0 Å². The molecule has 7 heteroatoms. The molecule has 0 spiro atoms. The normalized spacial score (nSPS) is 19.9. The lowest BCUT2D eigenvalue weighted by Crippen LogP contribution is -2.47. The van der Waals surface area contributed by atoms with Crippen LogP contribution in [0.1, 0.15) is 53.5 Å². The van der Waals surface area contributed by atoms with E-state index in [0.29, 0.717) is 23.2 Å². The summed E-state index contributed by atoms with van der Waals surface area (Å²) in [7, 11) is 0. The van der Waals surface area contributed by atoms with Gasteiger partial charge < -0.3 is 10.6 Å². The van der Waals surface area contributed by atoms with E-state index in [1.165, 1.54) is 12.8 Å². The summed E-state index contributed by atoms with van der Waals surface area (Å²) < 4.78 is 0. The summed E-state index contributed by atoms with van der Waals surface area (Å²) in [6.07, 6.45) is 5.50. The van der Waals surface area contributed by atoms with Crippen LogP contribution < -0.4 is 5.73 Å². The molecule has 4 nitrogen and oxygen atoms in total. The fourth-order valence-corrected chi connectivity index (χ4v) is 4.87. The van der Waals surface area contributed by atoms with E-state index in [1.807, 2.05) is 29.2 Å². The van der Waals surface area contributed by atoms with E-state index in [0.717, 1.165) is 41.3 Å². The molecule has 0 bridgehead atoms. The first-order valence-electron chi connectivity index (χ1n) is 8.95. The Labute approximate surface area is 169 Å². The number of hydrogen-bond acceptors (Lipinski definition) is 4. The molecule has 4 rings (SSSR count). The van der Waals surface area contributed by atoms with E-state index in [-0.39, 0.29) is 24.4 Å². The number of nitrogens with two attached hydrogens (primary N) is 1. The van der Waals surface area contributed by atoms with Crippen molar-refractivity contribution in [3.8, 4) is 10.4 Å². The van der Waals surface area contributed by atoms with Crippen LogP contribution in [-0.4, -0.2) is 34.9 Å². The first-order valence-corrected chi connectivity index (χ1v) is 10.1. The monoisotopic (exact) mass is 411 g/mol. The number of benzene rings is 1. The van der Waals surface area contributed by atoms with Gasteiger partial charge in [-0.25, -0.2) is 4.98 Å². The third kappa shape index (κ3) is 3.91. The summed E-state index contributed by atoms with van der Waals surface area (Å²) in [5.74, 6) is 0.546. The highest BCUT2D eigenvalue weighted by Crippen LogP contribution is 2.45. The maximum absolute atomic E-state index is 13.3. The van der Waals surface area contributed by atoms with E-state index in [4.69, 9.17) is 22.3 Å². The molecular formula is C19H23Cl2N3OS. The number of thiazole rings is 1. The Balaban J connectivity index is 0.00000196. The second kappa shape index (κ2) is 8.26. The van der Waals surface area contributed by atoms with Crippen LogP contribution in [-0.2, 0) is 0 Å². The number of carbonyl (C=O) groups is 1. The van der Waals surface area contributed by atoms with Crippen LogP contribution in [0.15, 0.2) is 24.3 Å². The summed E-state index contributed by atoms with van der Waals surface area (Å²) in [5, 5.41) is 1.76. The lowest BCUT2D eigenvalue weighted by atomic mass is 10.0. The highest BCUT2D eigenvalue weighted by atomic mass is 35.5. The van der Waals surface area contributed by atoms with Gasteiger partial charge in [-0.05, 0) is 49.8 Å². The Morgan fingerprint density at radius 3 is 2.81 bits per heavy atom. The zero-order valence-electron chi connectivity index (χ0n) is 14.5. The van der Waals surface area contributed by atoms with Crippen molar-refractivity contribution in [1.82, 2.24) is 9.88 Å². The lowest BCUT2D eigenvalue weighted by molar-refractivity contribution is 0.0618. The summed E-state index contributed by atoms with van der Waals surface area (Å²) >= 11 is 7.82. The van der Waals surface area contributed by atoms with Gasteiger partial charge in [0.05, 0.1) is 9.88 Å². The molecule has 1 saturated heterocycles. The van der Waals surface area contributed by atoms with Gasteiger partial charge in [-0.15, -0.1) is 23.7 Å². The first-order chi connectivity index (χ1) is 12.2. The van der Waals surface area contributed by atoms with Crippen molar-refractivity contribution in [2.24, 2.45) is 5.73 Å². The SMILES string of the molecule is Cl.NC[C@@H]1CCCCN1C(=O)c1nc(C2CC2)sc1-c1cccc(Cl)c1. The minimum atomic E-state index is 0. The molecule has 2 N–H and O–H groups in total. The van der Waals surface area contributed by atoms with E-state index in [1.54, 1.807) is 11.3 Å². The van der Waals surface area contributed by atoms with Crippen molar-refractivity contribution >= 4 is 41.3 Å². The molecule has 26 heavy (non-hydrogen) atoms. The summed E-state index contributed by atoms with van der Waals surface area (Å²) in [6.45, 7) is 1.28. The van der Waals surface area contributed by atoms with Gasteiger partial charge in [0.15, 0.2) is 0 Å². The molecule has 1 amide bonds. The zero-order valence-corrected chi connectivity index (χ0v) is 16.9. The second-order valence-electron chi connectivity index (χ2n) is 6.90.